The lowest BCUT2D eigenvalue weighted by Gasteiger charge is -2.09. The van der Waals surface area contributed by atoms with Crippen LogP contribution in [0.1, 0.15) is 25.1 Å². The molecule has 0 fully saturated rings. The average Bonchev–Trinajstić information content (AvgIpc) is 2.90. The Balaban J connectivity index is 2.02. The van der Waals surface area contributed by atoms with Crippen LogP contribution in [0.25, 0.3) is 16.6 Å². The summed E-state index contributed by atoms with van der Waals surface area (Å²) in [6, 6.07) is 12.1. The van der Waals surface area contributed by atoms with Gasteiger partial charge in [0.2, 0.25) is 0 Å². The quantitative estimate of drug-likeness (QED) is 0.779. The maximum Gasteiger partial charge on any atom is 0.0836 e. The lowest BCUT2D eigenvalue weighted by molar-refractivity contribution is 0.674. The van der Waals surface area contributed by atoms with E-state index >= 15 is 0 Å². The molecule has 2 aromatic heterocycles. The molecular formula is C15H16N4. The molecule has 0 saturated carbocycles. The second-order valence-electron chi connectivity index (χ2n) is 4.57. The molecule has 2 N–H and O–H groups in total. The van der Waals surface area contributed by atoms with E-state index in [1.54, 1.807) is 0 Å². The van der Waals surface area contributed by atoms with E-state index in [1.165, 1.54) is 0 Å². The van der Waals surface area contributed by atoms with Crippen LogP contribution in [-0.4, -0.2) is 14.8 Å². The van der Waals surface area contributed by atoms with Crippen LogP contribution in [0, 0.1) is 0 Å². The lowest BCUT2D eigenvalue weighted by Crippen LogP contribution is -2.10. The van der Waals surface area contributed by atoms with Crippen LogP contribution in [0.3, 0.4) is 0 Å². The van der Waals surface area contributed by atoms with Crippen LogP contribution < -0.4 is 5.73 Å². The molecule has 1 unspecified atom stereocenters. The first-order valence-electron chi connectivity index (χ1n) is 6.44. The van der Waals surface area contributed by atoms with Crippen LogP contribution in [0.5, 0.6) is 0 Å². The minimum Gasteiger partial charge on any atom is -0.323 e. The topological polar surface area (TPSA) is 56.7 Å². The highest BCUT2D eigenvalue weighted by atomic mass is 15.3. The van der Waals surface area contributed by atoms with Crippen molar-refractivity contribution in [3.8, 4) is 5.69 Å². The van der Waals surface area contributed by atoms with E-state index in [-0.39, 0.29) is 6.04 Å². The summed E-state index contributed by atoms with van der Waals surface area (Å²) in [6.07, 6.45) is 4.57. The normalized spacial score (nSPS) is 12.7. The van der Waals surface area contributed by atoms with Gasteiger partial charge < -0.3 is 5.73 Å². The molecule has 1 aromatic carbocycles. The molecule has 3 aromatic rings. The van der Waals surface area contributed by atoms with Crippen molar-refractivity contribution in [2.75, 3.05) is 0 Å². The smallest absolute Gasteiger partial charge is 0.0836 e. The molecule has 0 spiro atoms. The number of benzene rings is 1. The fourth-order valence-corrected chi connectivity index (χ4v) is 2.13. The van der Waals surface area contributed by atoms with Crippen LogP contribution >= 0.6 is 0 Å². The second kappa shape index (κ2) is 4.82. The largest absolute Gasteiger partial charge is 0.323 e. The first kappa shape index (κ1) is 11.9. The first-order valence-corrected chi connectivity index (χ1v) is 6.44. The number of para-hydroxylation sites is 1. The molecule has 0 aliphatic carbocycles. The Kier molecular flexibility index (Phi) is 3.01. The zero-order valence-corrected chi connectivity index (χ0v) is 10.8. The maximum atomic E-state index is 5.97. The van der Waals surface area contributed by atoms with Gasteiger partial charge in [0.15, 0.2) is 0 Å². The summed E-state index contributed by atoms with van der Waals surface area (Å²) in [7, 11) is 0. The van der Waals surface area contributed by atoms with E-state index in [9.17, 15) is 0 Å². The molecule has 96 valence electrons. The van der Waals surface area contributed by atoms with Crippen molar-refractivity contribution >= 4 is 10.9 Å². The summed E-state index contributed by atoms with van der Waals surface area (Å²) in [5.41, 5.74) is 8.92. The molecule has 19 heavy (non-hydrogen) atoms. The summed E-state index contributed by atoms with van der Waals surface area (Å²) in [6.45, 7) is 2.06. The Morgan fingerprint density at radius 3 is 2.74 bits per heavy atom. The van der Waals surface area contributed by atoms with Gasteiger partial charge in [-0.05, 0) is 24.6 Å². The summed E-state index contributed by atoms with van der Waals surface area (Å²) >= 11 is 0. The third kappa shape index (κ3) is 2.11. The third-order valence-electron chi connectivity index (χ3n) is 3.31. The lowest BCUT2D eigenvalue weighted by atomic mass is 10.1. The Bertz CT molecular complexity index is 685. The predicted octanol–water partition coefficient (Wildman–Crippen LogP) is 2.83. The van der Waals surface area contributed by atoms with Crippen molar-refractivity contribution in [2.45, 2.75) is 19.4 Å². The average molecular weight is 252 g/mol. The van der Waals surface area contributed by atoms with Crippen molar-refractivity contribution in [2.24, 2.45) is 5.73 Å². The fourth-order valence-electron chi connectivity index (χ4n) is 2.13. The second-order valence-corrected chi connectivity index (χ2v) is 4.57. The van der Waals surface area contributed by atoms with E-state index in [2.05, 4.69) is 17.0 Å². The van der Waals surface area contributed by atoms with E-state index < -0.39 is 0 Å². The highest BCUT2D eigenvalue weighted by Gasteiger charge is 2.07. The van der Waals surface area contributed by atoms with E-state index in [0.29, 0.717) is 0 Å². The first-order chi connectivity index (χ1) is 9.29. The van der Waals surface area contributed by atoms with Crippen molar-refractivity contribution in [3.05, 3.63) is 54.5 Å². The number of nitrogens with zero attached hydrogens (tertiary/aromatic N) is 3. The molecule has 1 atom stereocenters. The van der Waals surface area contributed by atoms with Gasteiger partial charge in [0, 0.05) is 11.4 Å². The zero-order valence-electron chi connectivity index (χ0n) is 10.8. The molecule has 0 aliphatic rings. The Labute approximate surface area is 111 Å². The number of hydrogen-bond donors (Lipinski definition) is 1. The summed E-state index contributed by atoms with van der Waals surface area (Å²) in [5.74, 6) is 0. The van der Waals surface area contributed by atoms with Crippen molar-refractivity contribution in [1.82, 2.24) is 14.8 Å². The third-order valence-corrected chi connectivity index (χ3v) is 3.31. The zero-order chi connectivity index (χ0) is 13.2. The van der Waals surface area contributed by atoms with Gasteiger partial charge in [-0.3, -0.25) is 4.98 Å². The minimum atomic E-state index is 0.00316. The molecule has 0 amide bonds. The van der Waals surface area contributed by atoms with Gasteiger partial charge in [-0.25, -0.2) is 4.68 Å². The maximum absolute atomic E-state index is 5.97. The molecule has 0 bridgehead atoms. The number of hydrogen-bond acceptors (Lipinski definition) is 3. The highest BCUT2D eigenvalue weighted by Crippen LogP contribution is 2.18. The number of fused-ring (bicyclic) bond motifs is 1. The predicted molar refractivity (Wildman–Crippen MR) is 76.1 cm³/mol. The Morgan fingerprint density at radius 2 is 2.00 bits per heavy atom. The number of aromatic nitrogens is 3. The summed E-state index contributed by atoms with van der Waals surface area (Å²) in [5, 5.41) is 5.53. The van der Waals surface area contributed by atoms with Crippen molar-refractivity contribution in [3.63, 3.8) is 0 Å². The summed E-state index contributed by atoms with van der Waals surface area (Å²) in [4.78, 5) is 4.43. The molecule has 4 nitrogen and oxygen atoms in total. The SMILES string of the molecule is CCC(N)c1ccc(-n2ncc3ccccc32)cn1. The van der Waals surface area contributed by atoms with Gasteiger partial charge in [0.1, 0.15) is 0 Å². The number of rotatable bonds is 3. The molecule has 0 aliphatic heterocycles. The Morgan fingerprint density at radius 1 is 1.16 bits per heavy atom. The van der Waals surface area contributed by atoms with Crippen LogP contribution in [0.4, 0.5) is 0 Å². The van der Waals surface area contributed by atoms with Crippen molar-refractivity contribution in [1.29, 1.82) is 0 Å². The monoisotopic (exact) mass is 252 g/mol. The van der Waals surface area contributed by atoms with Crippen LogP contribution in [0.15, 0.2) is 48.8 Å². The van der Waals surface area contributed by atoms with E-state index in [4.69, 9.17) is 5.73 Å². The van der Waals surface area contributed by atoms with Gasteiger partial charge >= 0.3 is 0 Å². The van der Waals surface area contributed by atoms with Crippen molar-refractivity contribution < 1.29 is 0 Å². The van der Waals surface area contributed by atoms with Gasteiger partial charge in [-0.2, -0.15) is 5.10 Å². The summed E-state index contributed by atoms with van der Waals surface area (Å²) < 4.78 is 1.89. The van der Waals surface area contributed by atoms with Gasteiger partial charge in [-0.1, -0.05) is 25.1 Å². The fraction of sp³-hybridized carbons (Fsp3) is 0.200. The van der Waals surface area contributed by atoms with Crippen LogP contribution in [-0.2, 0) is 0 Å². The highest BCUT2D eigenvalue weighted by molar-refractivity contribution is 5.79. The Hall–Kier alpha value is -2.20. The van der Waals surface area contributed by atoms with Gasteiger partial charge in [-0.15, -0.1) is 0 Å². The molecule has 0 radical (unpaired) electrons. The molecular weight excluding hydrogens is 236 g/mol. The van der Waals surface area contributed by atoms with Gasteiger partial charge in [0.05, 0.1) is 29.3 Å². The van der Waals surface area contributed by atoms with E-state index in [0.717, 1.165) is 28.7 Å². The van der Waals surface area contributed by atoms with Gasteiger partial charge in [0.25, 0.3) is 0 Å². The molecule has 4 heteroatoms. The molecule has 3 rings (SSSR count). The standard InChI is InChI=1S/C15H16N4/c1-2-13(16)14-8-7-12(10-17-14)19-15-6-4-3-5-11(15)9-18-19/h3-10,13H,2,16H2,1H3. The minimum absolute atomic E-state index is 0.00316. The van der Waals surface area contributed by atoms with Crippen LogP contribution in [0.2, 0.25) is 0 Å². The van der Waals surface area contributed by atoms with E-state index in [1.807, 2.05) is 53.5 Å². The molecule has 2 heterocycles. The number of pyridine rings is 1. The molecule has 0 saturated heterocycles. The number of nitrogens with two attached hydrogens (primary N) is 1.